The molecule has 0 unspecified atom stereocenters. The van der Waals surface area contributed by atoms with Crippen molar-refractivity contribution in [2.45, 2.75) is 141 Å². The first-order valence-corrected chi connectivity index (χ1v) is 24.9. The summed E-state index contributed by atoms with van der Waals surface area (Å²) in [5, 5.41) is 10.7. The molecule has 1 saturated heterocycles. The van der Waals surface area contributed by atoms with Crippen LogP contribution < -0.4 is 30.1 Å². The van der Waals surface area contributed by atoms with Gasteiger partial charge in [-0.2, -0.15) is 0 Å². The molecule has 3 aliphatic carbocycles. The lowest BCUT2D eigenvalue weighted by atomic mass is 9.85. The second-order valence-corrected chi connectivity index (χ2v) is 23.1. The van der Waals surface area contributed by atoms with Crippen LogP contribution in [0.25, 0.3) is 22.3 Å². The Morgan fingerprint density at radius 1 is 1.03 bits per heavy atom. The zero-order chi connectivity index (χ0) is 46.6. The molecule has 19 heteroatoms. The summed E-state index contributed by atoms with van der Waals surface area (Å²) in [5.74, 6) is -1.72. The van der Waals surface area contributed by atoms with Gasteiger partial charge in [0.15, 0.2) is 5.13 Å². The van der Waals surface area contributed by atoms with Crippen LogP contribution in [0.4, 0.5) is 9.93 Å². The second kappa shape index (κ2) is 17.5. The van der Waals surface area contributed by atoms with Crippen LogP contribution in [0.2, 0.25) is 0 Å². The van der Waals surface area contributed by atoms with Crippen LogP contribution in [0.1, 0.15) is 105 Å². The van der Waals surface area contributed by atoms with Crippen LogP contribution in [0.15, 0.2) is 36.2 Å². The van der Waals surface area contributed by atoms with Gasteiger partial charge in [0.25, 0.3) is 5.91 Å². The van der Waals surface area contributed by atoms with E-state index in [1.54, 1.807) is 32.2 Å². The minimum Gasteiger partial charge on any atom is -0.493 e. The van der Waals surface area contributed by atoms with E-state index >= 15 is 0 Å². The summed E-state index contributed by atoms with van der Waals surface area (Å²) in [4.78, 5) is 80.5. The molecule has 4 heterocycles. The van der Waals surface area contributed by atoms with E-state index in [1.807, 2.05) is 32.9 Å². The third-order valence-electron chi connectivity index (χ3n) is 12.7. The standard InChI is InChI=1S/C46H59N7O10S2/c1-8-25-21-46(25,41(57)52-65(59,60)28-13-14-28)51-39(55)33-19-27(23-53(33)40(56)38(45(5,6)7)50-43(58)63-26-11-9-10-12-26)62-35-20-31(47-37-29(35)15-16-34-30(37)17-18-61-34)32-24-64-42(48-32)49-36(54)22-44(2,3)4/h8,15-16,20,24-28,33,38H,1,9-14,17-19,21-23H2,2-7H3,(H,50,58)(H,51,55)(H,52,57)(H,48,49,54)/t25-,27-,33+,38-,46-/m1/s1. The van der Waals surface area contributed by atoms with Crippen molar-refractivity contribution in [2.24, 2.45) is 16.7 Å². The Balaban J connectivity index is 1.11. The van der Waals surface area contributed by atoms with E-state index in [0.717, 1.165) is 31.2 Å². The lowest BCUT2D eigenvalue weighted by Gasteiger charge is -2.35. The normalized spacial score (nSPS) is 23.5. The molecule has 4 fully saturated rings. The van der Waals surface area contributed by atoms with Crippen molar-refractivity contribution in [3.63, 3.8) is 0 Å². The molecule has 5 aliphatic rings. The monoisotopic (exact) mass is 933 g/mol. The van der Waals surface area contributed by atoms with Gasteiger partial charge >= 0.3 is 6.09 Å². The summed E-state index contributed by atoms with van der Waals surface area (Å²) in [7, 11) is -3.95. The van der Waals surface area contributed by atoms with Gasteiger partial charge in [0, 0.05) is 47.6 Å². The molecular weight excluding hydrogens is 875 g/mol. The minimum atomic E-state index is -3.95. The van der Waals surface area contributed by atoms with Gasteiger partial charge in [-0.1, -0.05) is 47.6 Å². The van der Waals surface area contributed by atoms with Crippen molar-refractivity contribution < 1.29 is 46.6 Å². The molecule has 350 valence electrons. The predicted molar refractivity (Wildman–Crippen MR) is 244 cm³/mol. The van der Waals surface area contributed by atoms with Gasteiger partial charge in [-0.25, -0.2) is 23.2 Å². The van der Waals surface area contributed by atoms with E-state index in [0.29, 0.717) is 71.2 Å². The molecule has 5 atom stereocenters. The molecular formula is C46H59N7O10S2. The quantitative estimate of drug-likeness (QED) is 0.142. The zero-order valence-corrected chi connectivity index (χ0v) is 39.4. The maximum Gasteiger partial charge on any atom is 0.408 e. The molecule has 0 bridgehead atoms. The van der Waals surface area contributed by atoms with Crippen LogP contribution in [-0.2, 0) is 40.4 Å². The molecule has 0 radical (unpaired) electrons. The Kier molecular flexibility index (Phi) is 12.4. The van der Waals surface area contributed by atoms with Gasteiger partial charge in [0.1, 0.15) is 47.0 Å². The fourth-order valence-corrected chi connectivity index (χ4v) is 11.0. The fourth-order valence-electron chi connectivity index (χ4n) is 8.96. The molecule has 4 N–H and O–H groups in total. The first-order valence-electron chi connectivity index (χ1n) is 22.4. The molecule has 2 aliphatic heterocycles. The van der Waals surface area contributed by atoms with E-state index < -0.39 is 74.1 Å². The number of amides is 5. The van der Waals surface area contributed by atoms with E-state index in [2.05, 4.69) is 27.3 Å². The number of rotatable bonds is 14. The number of carbonyl (C=O) groups is 5. The number of anilines is 1. The number of carbonyl (C=O) groups excluding carboxylic acids is 5. The van der Waals surface area contributed by atoms with Crippen molar-refractivity contribution in [1.82, 2.24) is 30.2 Å². The number of pyridine rings is 1. The SMILES string of the molecule is C=C[C@@H]1C[C@]1(NC(=O)[C@@H]1C[C@@H](Oc2cc(-c3csc(NC(=O)CC(C)(C)C)n3)nc3c4c(ccc23)OCC4)CN1C(=O)[C@@H](NC(=O)OC1CCCC1)C(C)(C)C)C(=O)NS(=O)(=O)C1CC1. The molecule has 1 aromatic carbocycles. The Hall–Kier alpha value is -5.30. The highest BCUT2D eigenvalue weighted by atomic mass is 32.2. The molecule has 0 spiro atoms. The topological polar surface area (TPSA) is 224 Å². The van der Waals surface area contributed by atoms with E-state index in [9.17, 15) is 32.4 Å². The molecule has 8 rings (SSSR count). The van der Waals surface area contributed by atoms with Gasteiger partial charge in [0.05, 0.1) is 29.6 Å². The molecule has 3 aromatic rings. The lowest BCUT2D eigenvalue weighted by molar-refractivity contribution is -0.143. The van der Waals surface area contributed by atoms with Crippen LogP contribution in [-0.4, -0.2) is 101 Å². The number of benzene rings is 1. The van der Waals surface area contributed by atoms with E-state index in [-0.39, 0.29) is 36.8 Å². The van der Waals surface area contributed by atoms with Crippen molar-refractivity contribution in [3.05, 3.63) is 41.8 Å². The molecule has 3 saturated carbocycles. The number of hydrogen-bond acceptors (Lipinski definition) is 13. The van der Waals surface area contributed by atoms with Crippen molar-refractivity contribution in [3.8, 4) is 22.9 Å². The van der Waals surface area contributed by atoms with Gasteiger partial charge in [-0.05, 0) is 67.9 Å². The van der Waals surface area contributed by atoms with Crippen LogP contribution in [0.5, 0.6) is 11.5 Å². The van der Waals surface area contributed by atoms with Crippen LogP contribution >= 0.6 is 11.3 Å². The average Bonchev–Trinajstić information content (AvgIpc) is 3.83. The number of ether oxygens (including phenoxy) is 3. The summed E-state index contributed by atoms with van der Waals surface area (Å²) in [6.07, 6.45) is 4.96. The number of alkyl carbamates (subject to hydrolysis) is 1. The largest absolute Gasteiger partial charge is 0.493 e. The molecule has 2 aromatic heterocycles. The molecule has 5 amide bonds. The highest BCUT2D eigenvalue weighted by molar-refractivity contribution is 7.91. The zero-order valence-electron chi connectivity index (χ0n) is 37.8. The highest BCUT2D eigenvalue weighted by Gasteiger charge is 2.62. The van der Waals surface area contributed by atoms with Gasteiger partial charge < -0.3 is 35.1 Å². The van der Waals surface area contributed by atoms with Crippen molar-refractivity contribution >= 4 is 67.1 Å². The maximum absolute atomic E-state index is 14.9. The first-order chi connectivity index (χ1) is 30.6. The minimum absolute atomic E-state index is 0.0222. The number of hydrogen-bond donors (Lipinski definition) is 4. The number of aromatic nitrogens is 2. The molecule has 65 heavy (non-hydrogen) atoms. The van der Waals surface area contributed by atoms with Crippen LogP contribution in [0.3, 0.4) is 0 Å². The van der Waals surface area contributed by atoms with Gasteiger partial charge in [-0.3, -0.25) is 23.9 Å². The van der Waals surface area contributed by atoms with E-state index in [1.165, 1.54) is 22.3 Å². The summed E-state index contributed by atoms with van der Waals surface area (Å²) < 4.78 is 46.4. The maximum atomic E-state index is 14.9. The second-order valence-electron chi connectivity index (χ2n) is 20.3. The lowest BCUT2D eigenvalue weighted by Crippen LogP contribution is -2.60. The predicted octanol–water partition coefficient (Wildman–Crippen LogP) is 5.77. The highest BCUT2D eigenvalue weighted by Crippen LogP contribution is 2.46. The Morgan fingerprint density at radius 3 is 2.43 bits per heavy atom. The van der Waals surface area contributed by atoms with Gasteiger partial charge in [0.2, 0.25) is 27.7 Å². The number of thiazole rings is 1. The average molecular weight is 934 g/mol. The summed E-state index contributed by atoms with van der Waals surface area (Å²) in [6.45, 7) is 15.6. The van der Waals surface area contributed by atoms with Crippen molar-refractivity contribution in [1.29, 1.82) is 0 Å². The third-order valence-corrected chi connectivity index (χ3v) is 15.2. The fraction of sp³-hybridized carbons (Fsp3) is 0.587. The first kappa shape index (κ1) is 46.2. The Labute approximate surface area is 383 Å². The van der Waals surface area contributed by atoms with Crippen LogP contribution in [0, 0.1) is 16.7 Å². The number of nitrogens with one attached hydrogen (secondary N) is 4. The van der Waals surface area contributed by atoms with Gasteiger partial charge in [-0.15, -0.1) is 17.9 Å². The number of likely N-dealkylation sites (tertiary alicyclic amines) is 1. The van der Waals surface area contributed by atoms with Crippen molar-refractivity contribution in [2.75, 3.05) is 18.5 Å². The third kappa shape index (κ3) is 10.1. The van der Waals surface area contributed by atoms with E-state index in [4.69, 9.17) is 24.2 Å². The molecule has 17 nitrogen and oxygen atoms in total. The Morgan fingerprint density at radius 2 is 1.77 bits per heavy atom. The summed E-state index contributed by atoms with van der Waals surface area (Å²) in [5.41, 5.74) is -0.163. The number of fused-ring (bicyclic) bond motifs is 3. The number of sulfonamides is 1. The summed E-state index contributed by atoms with van der Waals surface area (Å²) in [6, 6.07) is 3.12. The number of nitrogens with zero attached hydrogens (tertiary/aromatic N) is 3. The smallest absolute Gasteiger partial charge is 0.408 e. The summed E-state index contributed by atoms with van der Waals surface area (Å²) >= 11 is 1.27. The Bertz CT molecular complexity index is 2520.